The number of para-hydroxylation sites is 1. The van der Waals surface area contributed by atoms with Crippen LogP contribution in [0.4, 0.5) is 5.69 Å². The summed E-state index contributed by atoms with van der Waals surface area (Å²) in [7, 11) is 0. The summed E-state index contributed by atoms with van der Waals surface area (Å²) in [5, 5.41) is 11.4. The van der Waals surface area contributed by atoms with Gasteiger partial charge in [0.1, 0.15) is 0 Å². The first kappa shape index (κ1) is 7.82. The lowest BCUT2D eigenvalue weighted by molar-refractivity contribution is 0.342. The summed E-state index contributed by atoms with van der Waals surface area (Å²) in [6.07, 6.45) is 3.36. The summed E-state index contributed by atoms with van der Waals surface area (Å²) in [5.74, 6) is 0. The summed E-state index contributed by atoms with van der Waals surface area (Å²) in [5.41, 5.74) is 1.03. The molecule has 0 aromatic heterocycles. The van der Waals surface area contributed by atoms with E-state index in [0.29, 0.717) is 0 Å². The number of nitrogens with one attached hydrogen (secondary N) is 1. The molecule has 0 aliphatic rings. The zero-order valence-corrected chi connectivity index (χ0v) is 6.20. The minimum atomic E-state index is 0.0693. The van der Waals surface area contributed by atoms with Crippen molar-refractivity contribution in [2.24, 2.45) is 0 Å². The molecule has 0 aliphatic heterocycles. The predicted molar refractivity (Wildman–Crippen MR) is 46.3 cm³/mol. The van der Waals surface area contributed by atoms with Crippen LogP contribution in [0.25, 0.3) is 0 Å². The standard InChI is InChI=1S/C9H11NO/c11-8-4-7-10-9-5-2-1-3-6-9/h1-7,10-11H,8H2/b7-4+. The van der Waals surface area contributed by atoms with E-state index in [2.05, 4.69) is 5.32 Å². The molecule has 0 bridgehead atoms. The molecule has 0 saturated heterocycles. The van der Waals surface area contributed by atoms with Crippen LogP contribution in [-0.4, -0.2) is 11.7 Å². The first-order chi connectivity index (χ1) is 5.43. The molecule has 1 rings (SSSR count). The molecule has 0 fully saturated rings. The van der Waals surface area contributed by atoms with Gasteiger partial charge in [0.25, 0.3) is 0 Å². The summed E-state index contributed by atoms with van der Waals surface area (Å²) in [6.45, 7) is 0.0693. The van der Waals surface area contributed by atoms with Gasteiger partial charge >= 0.3 is 0 Å². The van der Waals surface area contributed by atoms with Gasteiger partial charge in [-0.3, -0.25) is 0 Å². The van der Waals surface area contributed by atoms with E-state index in [0.717, 1.165) is 5.69 Å². The molecule has 0 radical (unpaired) electrons. The van der Waals surface area contributed by atoms with Crippen LogP contribution in [0.1, 0.15) is 0 Å². The lowest BCUT2D eigenvalue weighted by Gasteiger charge is -1.97. The van der Waals surface area contributed by atoms with Crippen LogP contribution in [0.3, 0.4) is 0 Å². The molecule has 11 heavy (non-hydrogen) atoms. The van der Waals surface area contributed by atoms with Crippen LogP contribution in [0.5, 0.6) is 0 Å². The normalized spacial score (nSPS) is 10.3. The third-order valence-electron chi connectivity index (χ3n) is 1.25. The van der Waals surface area contributed by atoms with Crippen LogP contribution in [0, 0.1) is 0 Å². The Kier molecular flexibility index (Phi) is 3.22. The van der Waals surface area contributed by atoms with Gasteiger partial charge in [-0.2, -0.15) is 0 Å². The topological polar surface area (TPSA) is 32.3 Å². The Balaban J connectivity index is 2.45. The Bertz CT molecular complexity index is 218. The van der Waals surface area contributed by atoms with E-state index < -0.39 is 0 Å². The monoisotopic (exact) mass is 149 g/mol. The zero-order valence-electron chi connectivity index (χ0n) is 6.20. The highest BCUT2D eigenvalue weighted by atomic mass is 16.2. The van der Waals surface area contributed by atoms with Crippen molar-refractivity contribution in [1.29, 1.82) is 0 Å². The highest BCUT2D eigenvalue weighted by Crippen LogP contribution is 2.03. The Morgan fingerprint density at radius 1 is 1.27 bits per heavy atom. The number of hydrogen-bond donors (Lipinski definition) is 2. The van der Waals surface area contributed by atoms with Crippen molar-refractivity contribution >= 4 is 5.69 Å². The maximum atomic E-state index is 8.42. The lowest BCUT2D eigenvalue weighted by Crippen LogP contribution is -1.86. The molecular weight excluding hydrogens is 138 g/mol. The smallest absolute Gasteiger partial charge is 0.0629 e. The Morgan fingerprint density at radius 3 is 2.64 bits per heavy atom. The van der Waals surface area contributed by atoms with Crippen LogP contribution < -0.4 is 5.32 Å². The van der Waals surface area contributed by atoms with E-state index in [9.17, 15) is 0 Å². The van der Waals surface area contributed by atoms with Gasteiger partial charge in [0, 0.05) is 5.69 Å². The average molecular weight is 149 g/mol. The number of benzene rings is 1. The first-order valence-corrected chi connectivity index (χ1v) is 3.51. The zero-order chi connectivity index (χ0) is 7.94. The van der Waals surface area contributed by atoms with E-state index in [1.807, 2.05) is 30.3 Å². The van der Waals surface area contributed by atoms with Crippen molar-refractivity contribution in [3.63, 3.8) is 0 Å². The van der Waals surface area contributed by atoms with Crippen molar-refractivity contribution in [2.75, 3.05) is 11.9 Å². The second-order valence-corrected chi connectivity index (χ2v) is 2.10. The number of rotatable bonds is 3. The van der Waals surface area contributed by atoms with Gasteiger partial charge in [0.2, 0.25) is 0 Å². The minimum Gasteiger partial charge on any atom is -0.392 e. The fraction of sp³-hybridized carbons (Fsp3) is 0.111. The predicted octanol–water partition coefficient (Wildman–Crippen LogP) is 1.60. The van der Waals surface area contributed by atoms with E-state index in [1.165, 1.54) is 0 Å². The lowest BCUT2D eigenvalue weighted by atomic mass is 10.3. The molecule has 0 heterocycles. The minimum absolute atomic E-state index is 0.0693. The number of anilines is 1. The van der Waals surface area contributed by atoms with Crippen molar-refractivity contribution < 1.29 is 5.11 Å². The van der Waals surface area contributed by atoms with Gasteiger partial charge in [-0.15, -0.1) is 0 Å². The highest BCUT2D eigenvalue weighted by Gasteiger charge is 1.81. The second kappa shape index (κ2) is 4.52. The Morgan fingerprint density at radius 2 is 2.00 bits per heavy atom. The van der Waals surface area contributed by atoms with Crippen LogP contribution >= 0.6 is 0 Å². The van der Waals surface area contributed by atoms with Crippen molar-refractivity contribution in [2.45, 2.75) is 0 Å². The molecule has 0 spiro atoms. The van der Waals surface area contributed by atoms with Gasteiger partial charge in [-0.1, -0.05) is 18.2 Å². The quantitative estimate of drug-likeness (QED) is 0.684. The van der Waals surface area contributed by atoms with E-state index in [4.69, 9.17) is 5.11 Å². The molecule has 2 N–H and O–H groups in total. The molecule has 1 aromatic carbocycles. The Labute approximate surface area is 66.2 Å². The van der Waals surface area contributed by atoms with E-state index >= 15 is 0 Å². The highest BCUT2D eigenvalue weighted by molar-refractivity contribution is 5.44. The molecule has 0 amide bonds. The Hall–Kier alpha value is -1.28. The molecule has 1 aromatic rings. The third-order valence-corrected chi connectivity index (χ3v) is 1.25. The van der Waals surface area contributed by atoms with Gasteiger partial charge in [-0.25, -0.2) is 0 Å². The second-order valence-electron chi connectivity index (χ2n) is 2.10. The van der Waals surface area contributed by atoms with Crippen molar-refractivity contribution in [3.8, 4) is 0 Å². The molecular formula is C9H11NO. The van der Waals surface area contributed by atoms with Gasteiger partial charge in [0.15, 0.2) is 0 Å². The van der Waals surface area contributed by atoms with Gasteiger partial charge in [0.05, 0.1) is 6.61 Å². The molecule has 0 saturated carbocycles. The first-order valence-electron chi connectivity index (χ1n) is 3.51. The van der Waals surface area contributed by atoms with Gasteiger partial charge in [-0.05, 0) is 24.4 Å². The SMILES string of the molecule is OC/C=C/Nc1ccccc1. The third kappa shape index (κ3) is 2.87. The molecule has 0 unspecified atom stereocenters. The number of hydrogen-bond acceptors (Lipinski definition) is 2. The fourth-order valence-corrected chi connectivity index (χ4v) is 0.742. The maximum Gasteiger partial charge on any atom is 0.0629 e. The van der Waals surface area contributed by atoms with E-state index in [-0.39, 0.29) is 6.61 Å². The van der Waals surface area contributed by atoms with Crippen LogP contribution in [-0.2, 0) is 0 Å². The average Bonchev–Trinajstić information content (AvgIpc) is 2.07. The van der Waals surface area contributed by atoms with Crippen molar-refractivity contribution in [1.82, 2.24) is 0 Å². The number of aliphatic hydroxyl groups excluding tert-OH is 1. The molecule has 0 atom stereocenters. The molecule has 0 aliphatic carbocycles. The van der Waals surface area contributed by atoms with Crippen LogP contribution in [0.2, 0.25) is 0 Å². The molecule has 2 nitrogen and oxygen atoms in total. The summed E-state index contributed by atoms with van der Waals surface area (Å²) < 4.78 is 0. The van der Waals surface area contributed by atoms with E-state index in [1.54, 1.807) is 12.3 Å². The van der Waals surface area contributed by atoms with Gasteiger partial charge < -0.3 is 10.4 Å². The number of aliphatic hydroxyl groups is 1. The van der Waals surface area contributed by atoms with Crippen molar-refractivity contribution in [3.05, 3.63) is 42.6 Å². The molecule has 2 heteroatoms. The maximum absolute atomic E-state index is 8.42. The largest absolute Gasteiger partial charge is 0.392 e. The fourth-order valence-electron chi connectivity index (χ4n) is 0.742. The molecule has 58 valence electrons. The van der Waals surface area contributed by atoms with Crippen LogP contribution in [0.15, 0.2) is 42.6 Å². The summed E-state index contributed by atoms with van der Waals surface area (Å²) >= 11 is 0. The summed E-state index contributed by atoms with van der Waals surface area (Å²) in [6, 6.07) is 9.79. The summed E-state index contributed by atoms with van der Waals surface area (Å²) in [4.78, 5) is 0.